The number of amides is 1. The number of aliphatic imine (C=N–C) groups is 1. The van der Waals surface area contributed by atoms with Crippen LogP contribution in [-0.2, 0) is 9.53 Å². The van der Waals surface area contributed by atoms with E-state index in [1.54, 1.807) is 20.2 Å². The van der Waals surface area contributed by atoms with Crippen LogP contribution in [0.4, 0.5) is 5.69 Å². The molecule has 0 aliphatic heterocycles. The number of carbonyl (C=O) groups is 1. The zero-order chi connectivity index (χ0) is 19.6. The second-order valence-electron chi connectivity index (χ2n) is 7.03. The molecular weight excluding hydrogens is 332 g/mol. The maximum atomic E-state index is 11.1. The second-order valence-corrected chi connectivity index (χ2v) is 7.03. The van der Waals surface area contributed by atoms with Gasteiger partial charge in [-0.15, -0.1) is 0 Å². The molecule has 1 unspecified atom stereocenters. The molecule has 1 rings (SSSR count). The van der Waals surface area contributed by atoms with E-state index in [1.165, 1.54) is 6.92 Å². The van der Waals surface area contributed by atoms with Gasteiger partial charge in [0.1, 0.15) is 12.4 Å². The van der Waals surface area contributed by atoms with Crippen LogP contribution in [0.1, 0.15) is 27.7 Å². The van der Waals surface area contributed by atoms with Gasteiger partial charge in [0.2, 0.25) is 5.91 Å². The Bertz CT molecular complexity index is 597. The largest absolute Gasteiger partial charge is 0.492 e. The smallest absolute Gasteiger partial charge is 0.221 e. The van der Waals surface area contributed by atoms with E-state index in [9.17, 15) is 4.79 Å². The molecule has 3 N–H and O–H groups in total. The molecule has 0 aromatic heterocycles. The number of carbonyl (C=O) groups excluding carboxylic acids is 1. The van der Waals surface area contributed by atoms with Gasteiger partial charge in [-0.2, -0.15) is 0 Å². The van der Waals surface area contributed by atoms with Crippen molar-refractivity contribution in [3.63, 3.8) is 0 Å². The Morgan fingerprint density at radius 3 is 2.58 bits per heavy atom. The molecule has 0 saturated heterocycles. The lowest BCUT2D eigenvalue weighted by atomic mass is 9.89. The number of nitrogens with one attached hydrogen (secondary N) is 3. The molecule has 7 heteroatoms. The molecule has 0 saturated carbocycles. The van der Waals surface area contributed by atoms with Crippen LogP contribution in [-0.4, -0.2) is 51.8 Å². The van der Waals surface area contributed by atoms with Gasteiger partial charge in [0.25, 0.3) is 0 Å². The lowest BCUT2D eigenvalue weighted by Crippen LogP contribution is -2.46. The predicted molar refractivity (Wildman–Crippen MR) is 106 cm³/mol. The fourth-order valence-electron chi connectivity index (χ4n) is 2.36. The summed E-state index contributed by atoms with van der Waals surface area (Å²) in [6, 6.07) is 7.30. The van der Waals surface area contributed by atoms with Crippen molar-refractivity contribution in [3.05, 3.63) is 24.3 Å². The number of hydrogen-bond acceptors (Lipinski definition) is 4. The minimum atomic E-state index is -0.108. The fourth-order valence-corrected chi connectivity index (χ4v) is 2.36. The van der Waals surface area contributed by atoms with Crippen LogP contribution >= 0.6 is 0 Å². The Balaban J connectivity index is 2.38. The van der Waals surface area contributed by atoms with E-state index >= 15 is 0 Å². The first-order valence-corrected chi connectivity index (χ1v) is 8.74. The van der Waals surface area contributed by atoms with Crippen LogP contribution in [0.15, 0.2) is 29.3 Å². The third-order valence-corrected chi connectivity index (χ3v) is 3.75. The number of benzene rings is 1. The van der Waals surface area contributed by atoms with E-state index in [0.717, 1.165) is 0 Å². The summed E-state index contributed by atoms with van der Waals surface area (Å²) < 4.78 is 11.2. The lowest BCUT2D eigenvalue weighted by molar-refractivity contribution is -0.114. The highest BCUT2D eigenvalue weighted by molar-refractivity contribution is 5.88. The van der Waals surface area contributed by atoms with Crippen molar-refractivity contribution in [3.8, 4) is 5.75 Å². The van der Waals surface area contributed by atoms with Gasteiger partial charge in [-0.05, 0) is 17.5 Å². The van der Waals surface area contributed by atoms with Crippen molar-refractivity contribution in [1.82, 2.24) is 10.6 Å². The summed E-state index contributed by atoms with van der Waals surface area (Å²) in [5.41, 5.74) is 0.760. The third kappa shape index (κ3) is 8.20. The standard InChI is InChI=1S/C19H32N4O3/c1-14(24)23-15-8-7-9-16(12-15)26-11-10-21-18(20-5)22-13-17(25-6)19(2,3)4/h7-9,12,17H,10-11,13H2,1-6H3,(H,23,24)(H2,20,21,22). The van der Waals surface area contributed by atoms with Gasteiger partial charge in [-0.25, -0.2) is 0 Å². The molecule has 0 bridgehead atoms. The number of rotatable bonds is 8. The first kappa shape index (κ1) is 21.8. The summed E-state index contributed by atoms with van der Waals surface area (Å²) in [5.74, 6) is 1.29. The number of guanidine groups is 1. The monoisotopic (exact) mass is 364 g/mol. The first-order valence-electron chi connectivity index (χ1n) is 8.74. The first-order chi connectivity index (χ1) is 12.3. The third-order valence-electron chi connectivity index (χ3n) is 3.75. The average Bonchev–Trinajstić information content (AvgIpc) is 2.55. The number of hydrogen-bond donors (Lipinski definition) is 3. The van der Waals surface area contributed by atoms with Crippen molar-refractivity contribution >= 4 is 17.6 Å². The van der Waals surface area contributed by atoms with Crippen molar-refractivity contribution in [2.75, 3.05) is 39.2 Å². The van der Waals surface area contributed by atoms with Gasteiger partial charge in [-0.1, -0.05) is 26.8 Å². The molecule has 0 fully saturated rings. The summed E-state index contributed by atoms with van der Waals surface area (Å²) in [4.78, 5) is 15.3. The van der Waals surface area contributed by atoms with Gasteiger partial charge in [0, 0.05) is 39.4 Å². The molecule has 146 valence electrons. The minimum Gasteiger partial charge on any atom is -0.492 e. The van der Waals surface area contributed by atoms with Gasteiger partial charge in [-0.3, -0.25) is 9.79 Å². The van der Waals surface area contributed by atoms with Gasteiger partial charge in [0.15, 0.2) is 5.96 Å². The van der Waals surface area contributed by atoms with Crippen molar-refractivity contribution in [2.24, 2.45) is 10.4 Å². The zero-order valence-corrected chi connectivity index (χ0v) is 16.7. The molecule has 0 heterocycles. The van der Waals surface area contributed by atoms with Gasteiger partial charge in [0.05, 0.1) is 12.6 Å². The number of nitrogens with zero attached hydrogens (tertiary/aromatic N) is 1. The van der Waals surface area contributed by atoms with Crippen molar-refractivity contribution in [1.29, 1.82) is 0 Å². The summed E-state index contributed by atoms with van der Waals surface area (Å²) in [6.07, 6.45) is 0.0776. The average molecular weight is 364 g/mol. The molecule has 0 aliphatic rings. The van der Waals surface area contributed by atoms with E-state index in [0.29, 0.717) is 37.1 Å². The lowest BCUT2D eigenvalue weighted by Gasteiger charge is -2.30. The van der Waals surface area contributed by atoms with E-state index in [2.05, 4.69) is 41.7 Å². The van der Waals surface area contributed by atoms with Gasteiger partial charge >= 0.3 is 0 Å². The van der Waals surface area contributed by atoms with Crippen molar-refractivity contribution < 1.29 is 14.3 Å². The molecule has 26 heavy (non-hydrogen) atoms. The Kier molecular flexibility index (Phi) is 8.92. The highest BCUT2D eigenvalue weighted by atomic mass is 16.5. The van der Waals surface area contributed by atoms with E-state index < -0.39 is 0 Å². The molecule has 1 aromatic carbocycles. The highest BCUT2D eigenvalue weighted by Crippen LogP contribution is 2.21. The van der Waals surface area contributed by atoms with E-state index in [-0.39, 0.29) is 17.4 Å². The Morgan fingerprint density at radius 2 is 2.00 bits per heavy atom. The minimum absolute atomic E-state index is 0.0443. The van der Waals surface area contributed by atoms with Crippen LogP contribution in [0.3, 0.4) is 0 Å². The summed E-state index contributed by atoms with van der Waals surface area (Å²) >= 11 is 0. The summed E-state index contributed by atoms with van der Waals surface area (Å²) in [5, 5.41) is 9.21. The van der Waals surface area contributed by atoms with Crippen LogP contribution in [0.5, 0.6) is 5.75 Å². The van der Waals surface area contributed by atoms with E-state index in [1.807, 2.05) is 18.2 Å². The maximum Gasteiger partial charge on any atom is 0.221 e. The molecule has 1 atom stereocenters. The quantitative estimate of drug-likeness (QED) is 0.374. The highest BCUT2D eigenvalue weighted by Gasteiger charge is 2.24. The zero-order valence-electron chi connectivity index (χ0n) is 16.7. The van der Waals surface area contributed by atoms with Crippen LogP contribution in [0.2, 0.25) is 0 Å². The number of methoxy groups -OCH3 is 1. The summed E-state index contributed by atoms with van der Waals surface area (Å²) in [6.45, 7) is 9.63. The molecule has 1 aromatic rings. The van der Waals surface area contributed by atoms with Crippen LogP contribution < -0.4 is 20.7 Å². The molecule has 0 spiro atoms. The Labute approximate surface area is 156 Å². The molecule has 7 nitrogen and oxygen atoms in total. The Hall–Kier alpha value is -2.28. The van der Waals surface area contributed by atoms with E-state index in [4.69, 9.17) is 9.47 Å². The van der Waals surface area contributed by atoms with Gasteiger partial charge < -0.3 is 25.4 Å². The van der Waals surface area contributed by atoms with Crippen molar-refractivity contribution in [2.45, 2.75) is 33.8 Å². The predicted octanol–water partition coefficient (Wildman–Crippen LogP) is 2.25. The molecule has 0 aliphatic carbocycles. The SMILES string of the molecule is CN=C(NCCOc1cccc(NC(C)=O)c1)NCC(OC)C(C)(C)C. The number of anilines is 1. The fraction of sp³-hybridized carbons (Fsp3) is 0.579. The Morgan fingerprint density at radius 1 is 1.27 bits per heavy atom. The summed E-state index contributed by atoms with van der Waals surface area (Å²) in [7, 11) is 3.45. The number of ether oxygens (including phenoxy) is 2. The molecular formula is C19H32N4O3. The molecule has 1 amide bonds. The molecule has 0 radical (unpaired) electrons. The normalized spacial score (nSPS) is 13.1. The topological polar surface area (TPSA) is 84.0 Å². The second kappa shape index (κ2) is 10.7. The van der Waals surface area contributed by atoms with Crippen LogP contribution in [0, 0.1) is 5.41 Å². The van der Waals surface area contributed by atoms with Crippen LogP contribution in [0.25, 0.3) is 0 Å². The maximum absolute atomic E-state index is 11.1.